The van der Waals surface area contributed by atoms with E-state index in [2.05, 4.69) is 15.6 Å². The molecule has 1 aromatic carbocycles. The molecule has 0 atom stereocenters. The van der Waals surface area contributed by atoms with Crippen LogP contribution >= 0.6 is 0 Å². The van der Waals surface area contributed by atoms with Gasteiger partial charge in [-0.1, -0.05) is 0 Å². The summed E-state index contributed by atoms with van der Waals surface area (Å²) in [6.07, 6.45) is 3.50. The van der Waals surface area contributed by atoms with Crippen LogP contribution < -0.4 is 24.8 Å². The number of nitrogens with one attached hydrogen (secondary N) is 2. The average Bonchev–Trinajstić information content (AvgIpc) is 3.08. The Morgan fingerprint density at radius 1 is 1.24 bits per heavy atom. The Hall–Kier alpha value is -2.15. The molecule has 0 saturated heterocycles. The van der Waals surface area contributed by atoms with Crippen molar-refractivity contribution < 1.29 is 19.3 Å². The molecule has 7 heteroatoms. The van der Waals surface area contributed by atoms with E-state index >= 15 is 0 Å². The maximum atomic E-state index is 9.60. The number of aliphatic imine (C=N–C) groups is 1. The molecule has 1 heterocycles. The first-order chi connectivity index (χ1) is 12.2. The van der Waals surface area contributed by atoms with Gasteiger partial charge in [-0.3, -0.25) is 0 Å². The van der Waals surface area contributed by atoms with E-state index in [1.165, 1.54) is 0 Å². The molecular formula is C18H27N3O4. The van der Waals surface area contributed by atoms with Gasteiger partial charge in [0.15, 0.2) is 17.5 Å². The molecule has 1 aliphatic carbocycles. The highest BCUT2D eigenvalue weighted by Gasteiger charge is 2.20. The lowest BCUT2D eigenvalue weighted by molar-refractivity contribution is 0.120. The van der Waals surface area contributed by atoms with Crippen LogP contribution in [0.15, 0.2) is 23.2 Å². The molecule has 1 fully saturated rings. The topological polar surface area (TPSA) is 84.3 Å². The van der Waals surface area contributed by atoms with Crippen LogP contribution in [0.2, 0.25) is 0 Å². The molecule has 138 valence electrons. The van der Waals surface area contributed by atoms with Gasteiger partial charge in [0, 0.05) is 18.7 Å². The summed E-state index contributed by atoms with van der Waals surface area (Å²) in [6, 6.07) is 5.93. The first kappa shape index (κ1) is 17.7. The lowest BCUT2D eigenvalue weighted by atomic mass is 9.93. The van der Waals surface area contributed by atoms with E-state index in [9.17, 15) is 5.11 Å². The number of fused-ring (bicyclic) bond motifs is 1. The molecule has 3 rings (SSSR count). The fourth-order valence-corrected chi connectivity index (χ4v) is 3.02. The molecule has 0 amide bonds. The third kappa shape index (κ3) is 5.16. The molecule has 0 radical (unpaired) electrons. The van der Waals surface area contributed by atoms with E-state index in [1.54, 1.807) is 0 Å². The predicted octanol–water partition coefficient (Wildman–Crippen LogP) is 1.65. The number of hydrogen-bond donors (Lipinski definition) is 3. The lowest BCUT2D eigenvalue weighted by Gasteiger charge is -2.27. The largest absolute Gasteiger partial charge is 0.492 e. The Morgan fingerprint density at radius 3 is 2.84 bits per heavy atom. The Labute approximate surface area is 148 Å². The monoisotopic (exact) mass is 349 g/mol. The fraction of sp³-hybridized carbons (Fsp3) is 0.611. The van der Waals surface area contributed by atoms with Crippen LogP contribution in [0.25, 0.3) is 0 Å². The summed E-state index contributed by atoms with van der Waals surface area (Å²) in [4.78, 5) is 4.57. The molecule has 0 spiro atoms. The van der Waals surface area contributed by atoms with Crippen molar-refractivity contribution in [3.05, 3.63) is 18.2 Å². The fourth-order valence-electron chi connectivity index (χ4n) is 3.02. The number of guanidine groups is 1. The molecule has 1 saturated carbocycles. The van der Waals surface area contributed by atoms with Crippen molar-refractivity contribution in [2.45, 2.75) is 44.8 Å². The second-order valence-electron chi connectivity index (χ2n) is 6.27. The molecule has 2 aliphatic rings. The second-order valence-corrected chi connectivity index (χ2v) is 6.27. The van der Waals surface area contributed by atoms with E-state index in [0.29, 0.717) is 19.2 Å². The van der Waals surface area contributed by atoms with Gasteiger partial charge in [-0.15, -0.1) is 0 Å². The van der Waals surface area contributed by atoms with Crippen molar-refractivity contribution in [1.82, 2.24) is 10.6 Å². The smallest absolute Gasteiger partial charge is 0.231 e. The normalized spacial score (nSPS) is 22.6. The highest BCUT2D eigenvalue weighted by Crippen LogP contribution is 2.34. The average molecular weight is 349 g/mol. The molecule has 0 unspecified atom stereocenters. The lowest BCUT2D eigenvalue weighted by Crippen LogP contribution is -2.45. The number of hydrogen-bond acceptors (Lipinski definition) is 5. The second kappa shape index (κ2) is 8.80. The van der Waals surface area contributed by atoms with Gasteiger partial charge in [0.25, 0.3) is 0 Å². The van der Waals surface area contributed by atoms with Crippen LogP contribution in [-0.4, -0.2) is 49.7 Å². The van der Waals surface area contributed by atoms with Crippen LogP contribution in [0.5, 0.6) is 17.2 Å². The van der Waals surface area contributed by atoms with Gasteiger partial charge in [-0.2, -0.15) is 0 Å². The molecule has 0 aromatic heterocycles. The Balaban J connectivity index is 1.45. The molecular weight excluding hydrogens is 322 g/mol. The van der Waals surface area contributed by atoms with E-state index in [-0.39, 0.29) is 12.9 Å². The summed E-state index contributed by atoms with van der Waals surface area (Å²) in [5.41, 5.74) is 0. The summed E-state index contributed by atoms with van der Waals surface area (Å²) in [5, 5.41) is 16.3. The van der Waals surface area contributed by atoms with Crippen molar-refractivity contribution in [3.63, 3.8) is 0 Å². The van der Waals surface area contributed by atoms with Crippen LogP contribution in [-0.2, 0) is 0 Å². The highest BCUT2D eigenvalue weighted by molar-refractivity contribution is 5.80. The van der Waals surface area contributed by atoms with Crippen LogP contribution in [0.1, 0.15) is 32.6 Å². The SMILES string of the molecule is CCNC(=NCCOc1ccc2c(c1)OCO2)NC1CCC(O)CC1. The number of benzene rings is 1. The number of aliphatic hydroxyl groups excluding tert-OH is 1. The van der Waals surface area contributed by atoms with Crippen molar-refractivity contribution in [2.75, 3.05) is 26.5 Å². The molecule has 1 aliphatic heterocycles. The zero-order valence-corrected chi connectivity index (χ0v) is 14.7. The summed E-state index contributed by atoms with van der Waals surface area (Å²) < 4.78 is 16.4. The molecule has 3 N–H and O–H groups in total. The zero-order chi connectivity index (χ0) is 17.5. The van der Waals surface area contributed by atoms with Crippen molar-refractivity contribution in [3.8, 4) is 17.2 Å². The summed E-state index contributed by atoms with van der Waals surface area (Å²) >= 11 is 0. The number of nitrogens with zero attached hydrogens (tertiary/aromatic N) is 1. The minimum atomic E-state index is -0.146. The first-order valence-electron chi connectivity index (χ1n) is 9.00. The third-order valence-electron chi connectivity index (χ3n) is 4.36. The van der Waals surface area contributed by atoms with Crippen molar-refractivity contribution in [2.24, 2.45) is 4.99 Å². The molecule has 0 bridgehead atoms. The zero-order valence-electron chi connectivity index (χ0n) is 14.7. The first-order valence-corrected chi connectivity index (χ1v) is 9.00. The highest BCUT2D eigenvalue weighted by atomic mass is 16.7. The van der Waals surface area contributed by atoms with Gasteiger partial charge >= 0.3 is 0 Å². The Bertz CT molecular complexity index is 586. The minimum Gasteiger partial charge on any atom is -0.492 e. The maximum Gasteiger partial charge on any atom is 0.231 e. The number of ether oxygens (including phenoxy) is 3. The Morgan fingerprint density at radius 2 is 2.04 bits per heavy atom. The van der Waals surface area contributed by atoms with Gasteiger partial charge in [0.1, 0.15) is 12.4 Å². The molecule has 25 heavy (non-hydrogen) atoms. The quantitative estimate of drug-likeness (QED) is 0.411. The summed E-state index contributed by atoms with van der Waals surface area (Å²) in [7, 11) is 0. The van der Waals surface area contributed by atoms with Crippen LogP contribution in [0, 0.1) is 0 Å². The third-order valence-corrected chi connectivity index (χ3v) is 4.36. The molecule has 7 nitrogen and oxygen atoms in total. The summed E-state index contributed by atoms with van der Waals surface area (Å²) in [6.45, 7) is 4.16. The standard InChI is InChI=1S/C18H27N3O4/c1-2-19-18(21-13-3-5-14(22)6-4-13)20-9-10-23-15-7-8-16-17(11-15)25-12-24-16/h7-8,11,13-14,22H,2-6,9-10,12H2,1H3,(H2,19,20,21). The number of rotatable bonds is 6. The molecule has 1 aromatic rings. The van der Waals surface area contributed by atoms with Gasteiger partial charge in [-0.05, 0) is 44.7 Å². The van der Waals surface area contributed by atoms with E-state index < -0.39 is 0 Å². The van der Waals surface area contributed by atoms with Gasteiger partial charge < -0.3 is 30.0 Å². The van der Waals surface area contributed by atoms with Gasteiger partial charge in [0.05, 0.1) is 12.6 Å². The van der Waals surface area contributed by atoms with Gasteiger partial charge in [-0.25, -0.2) is 4.99 Å². The van der Waals surface area contributed by atoms with Crippen molar-refractivity contribution >= 4 is 5.96 Å². The minimum absolute atomic E-state index is 0.146. The predicted molar refractivity (Wildman–Crippen MR) is 95.4 cm³/mol. The van der Waals surface area contributed by atoms with Crippen LogP contribution in [0.3, 0.4) is 0 Å². The van der Waals surface area contributed by atoms with E-state index in [4.69, 9.17) is 14.2 Å². The van der Waals surface area contributed by atoms with Crippen molar-refractivity contribution in [1.29, 1.82) is 0 Å². The van der Waals surface area contributed by atoms with E-state index in [1.807, 2.05) is 25.1 Å². The van der Waals surface area contributed by atoms with Gasteiger partial charge in [0.2, 0.25) is 6.79 Å². The van der Waals surface area contributed by atoms with E-state index in [0.717, 1.165) is 55.4 Å². The summed E-state index contributed by atoms with van der Waals surface area (Å²) in [5.74, 6) is 3.02. The Kier molecular flexibility index (Phi) is 6.22. The number of aliphatic hydroxyl groups is 1. The maximum absolute atomic E-state index is 9.60. The van der Waals surface area contributed by atoms with Crippen LogP contribution in [0.4, 0.5) is 0 Å².